The van der Waals surface area contributed by atoms with Gasteiger partial charge in [0.1, 0.15) is 0 Å². The summed E-state index contributed by atoms with van der Waals surface area (Å²) >= 11 is -1.02. The van der Waals surface area contributed by atoms with Crippen LogP contribution in [0.4, 0.5) is 4.39 Å². The number of thiazole rings is 1. The number of benzene rings is 1. The van der Waals surface area contributed by atoms with Crippen LogP contribution in [0.2, 0.25) is 13.3 Å². The summed E-state index contributed by atoms with van der Waals surface area (Å²) in [4.78, 5) is 4.65. The third-order valence-electron chi connectivity index (χ3n) is 5.00. The third kappa shape index (κ3) is 4.68. The van der Waals surface area contributed by atoms with Gasteiger partial charge in [0, 0.05) is 0 Å². The van der Waals surface area contributed by atoms with Crippen LogP contribution in [0, 0.1) is 5.82 Å². The van der Waals surface area contributed by atoms with Crippen LogP contribution in [0.15, 0.2) is 17.6 Å². The fraction of sp³-hybridized carbons (Fsp3) is 0.632. The fourth-order valence-electron chi connectivity index (χ4n) is 3.66. The van der Waals surface area contributed by atoms with Gasteiger partial charge < -0.3 is 0 Å². The molecule has 23 heavy (non-hydrogen) atoms. The first-order chi connectivity index (χ1) is 11.2. The van der Waals surface area contributed by atoms with Crippen LogP contribution in [-0.4, -0.2) is 23.4 Å². The fourth-order valence-corrected chi connectivity index (χ4v) is 21.2. The van der Waals surface area contributed by atoms with E-state index in [2.05, 4.69) is 25.8 Å². The molecule has 2 aromatic rings. The summed E-state index contributed by atoms with van der Waals surface area (Å²) in [6.07, 6.45) is 7.62. The van der Waals surface area contributed by atoms with Crippen molar-refractivity contribution in [2.45, 2.75) is 72.6 Å². The maximum absolute atomic E-state index is 14.3. The molecule has 0 saturated heterocycles. The van der Waals surface area contributed by atoms with Crippen LogP contribution in [-0.2, 0) is 0 Å². The molecule has 0 fully saturated rings. The first kappa shape index (κ1) is 19.2. The molecule has 0 atom stereocenters. The first-order valence-corrected chi connectivity index (χ1v) is 17.6. The zero-order valence-electron chi connectivity index (χ0n) is 14.8. The molecular weight excluding hydrogens is 412 g/mol. The minimum atomic E-state index is -2.60. The maximum atomic E-state index is 14.3. The monoisotopic (exact) mass is 443 g/mol. The van der Waals surface area contributed by atoms with E-state index in [0.29, 0.717) is 0 Å². The minimum absolute atomic E-state index is 0.0534. The summed E-state index contributed by atoms with van der Waals surface area (Å²) in [5, 5.41) is 0. The summed E-state index contributed by atoms with van der Waals surface area (Å²) in [5.74, 6) is -0.0534. The topological polar surface area (TPSA) is 12.9 Å². The van der Waals surface area contributed by atoms with Gasteiger partial charge in [-0.25, -0.2) is 0 Å². The average Bonchev–Trinajstić information content (AvgIpc) is 3.02. The van der Waals surface area contributed by atoms with Gasteiger partial charge in [-0.05, 0) is 0 Å². The van der Waals surface area contributed by atoms with Gasteiger partial charge in [-0.2, -0.15) is 0 Å². The van der Waals surface area contributed by atoms with Crippen molar-refractivity contribution < 1.29 is 4.39 Å². The molecule has 0 amide bonds. The van der Waals surface area contributed by atoms with Crippen molar-refractivity contribution in [1.82, 2.24) is 4.98 Å². The summed E-state index contributed by atoms with van der Waals surface area (Å²) in [5.41, 5.74) is 3.03. The van der Waals surface area contributed by atoms with Gasteiger partial charge in [0.15, 0.2) is 0 Å². The number of rotatable bonds is 10. The Balaban J connectivity index is 2.52. The van der Waals surface area contributed by atoms with Crippen molar-refractivity contribution in [3.63, 3.8) is 0 Å². The summed E-state index contributed by atoms with van der Waals surface area (Å²) in [6, 6.07) is 3.55. The summed E-state index contributed by atoms with van der Waals surface area (Å²) < 4.78 is 20.8. The average molecular weight is 442 g/mol. The van der Waals surface area contributed by atoms with E-state index in [0.717, 1.165) is 10.2 Å². The predicted molar refractivity (Wildman–Crippen MR) is 104 cm³/mol. The zero-order chi connectivity index (χ0) is 16.7. The van der Waals surface area contributed by atoms with Gasteiger partial charge in [-0.3, -0.25) is 0 Å². The molecule has 1 heterocycles. The van der Waals surface area contributed by atoms with E-state index in [9.17, 15) is 4.39 Å². The number of hydrogen-bond donors (Lipinski definition) is 0. The molecule has 0 radical (unpaired) electrons. The Bertz CT molecular complexity index is 589. The van der Waals surface area contributed by atoms with E-state index in [-0.39, 0.29) is 5.82 Å². The van der Waals surface area contributed by atoms with Gasteiger partial charge in [-0.1, -0.05) is 0 Å². The molecule has 0 saturated carbocycles. The number of unbranched alkanes of at least 4 members (excludes halogenated alkanes) is 3. The molecule has 0 spiro atoms. The van der Waals surface area contributed by atoms with E-state index in [4.69, 9.17) is 0 Å². The van der Waals surface area contributed by atoms with Crippen molar-refractivity contribution in [3.8, 4) is 0 Å². The number of fused-ring (bicyclic) bond motifs is 1. The normalized spacial score (nSPS) is 12.2. The molecule has 0 bridgehead atoms. The number of nitrogens with zero attached hydrogens (tertiary/aromatic N) is 1. The van der Waals surface area contributed by atoms with Crippen LogP contribution >= 0.6 is 11.3 Å². The van der Waals surface area contributed by atoms with E-state index in [1.165, 1.54) is 55.4 Å². The molecule has 0 N–H and O–H groups in total. The number of aromatic nitrogens is 1. The van der Waals surface area contributed by atoms with Crippen LogP contribution in [0.1, 0.15) is 59.3 Å². The Hall–Kier alpha value is -0.161. The van der Waals surface area contributed by atoms with Crippen LogP contribution in [0.25, 0.3) is 10.2 Å². The Morgan fingerprint density at radius 1 is 0.957 bits per heavy atom. The predicted octanol–water partition coefficient (Wildman–Crippen LogP) is 6.49. The molecule has 4 heteroatoms. The van der Waals surface area contributed by atoms with Gasteiger partial charge in [-0.15, -0.1) is 0 Å². The Kier molecular flexibility index (Phi) is 7.80. The van der Waals surface area contributed by atoms with Gasteiger partial charge >= 0.3 is 149 Å². The Morgan fingerprint density at radius 2 is 1.52 bits per heavy atom. The summed E-state index contributed by atoms with van der Waals surface area (Å²) in [7, 11) is 0. The van der Waals surface area contributed by atoms with Crippen molar-refractivity contribution >= 4 is 43.5 Å². The molecular formula is C19H30FNSSn. The zero-order valence-corrected chi connectivity index (χ0v) is 18.5. The second kappa shape index (κ2) is 9.36. The third-order valence-corrected chi connectivity index (χ3v) is 21.3. The van der Waals surface area contributed by atoms with Crippen molar-refractivity contribution in [2.75, 3.05) is 0 Å². The SMILES string of the molecule is CCC[CH2][Sn]([CH2]CCC)([CH2]CCC)[c]1cc(F)cc2scnc12. The standard InChI is InChI=1S/C7H3FNS.3C4H9.Sn/c8-5-1-2-6-7(3-5)10-4-9-6;3*1-3-4-2;/h1,3-4H;3*1,3-4H2,2H3;. The van der Waals surface area contributed by atoms with Crippen LogP contribution in [0.5, 0.6) is 0 Å². The Labute approximate surface area is 148 Å². The molecule has 128 valence electrons. The summed E-state index contributed by atoms with van der Waals surface area (Å²) in [6.45, 7) is 6.83. The van der Waals surface area contributed by atoms with E-state index in [1.54, 1.807) is 17.4 Å². The van der Waals surface area contributed by atoms with E-state index in [1.807, 2.05) is 11.6 Å². The van der Waals surface area contributed by atoms with E-state index >= 15 is 0 Å². The van der Waals surface area contributed by atoms with Crippen molar-refractivity contribution in [3.05, 3.63) is 23.5 Å². The van der Waals surface area contributed by atoms with Gasteiger partial charge in [0.2, 0.25) is 0 Å². The van der Waals surface area contributed by atoms with Crippen LogP contribution in [0.3, 0.4) is 0 Å². The molecule has 1 aromatic carbocycles. The molecule has 0 aliphatic heterocycles. The quantitative estimate of drug-likeness (QED) is 0.384. The number of halogens is 1. The van der Waals surface area contributed by atoms with Crippen LogP contribution < -0.4 is 3.58 Å². The molecule has 0 unspecified atom stereocenters. The molecule has 2 rings (SSSR count). The van der Waals surface area contributed by atoms with Gasteiger partial charge in [0.05, 0.1) is 0 Å². The molecule has 1 aromatic heterocycles. The van der Waals surface area contributed by atoms with Crippen molar-refractivity contribution in [2.24, 2.45) is 0 Å². The van der Waals surface area contributed by atoms with E-state index < -0.39 is 18.4 Å². The molecule has 0 aliphatic rings. The molecule has 1 nitrogen and oxygen atoms in total. The molecule has 0 aliphatic carbocycles. The second-order valence-electron chi connectivity index (χ2n) is 6.74. The van der Waals surface area contributed by atoms with Crippen molar-refractivity contribution in [1.29, 1.82) is 0 Å². The first-order valence-electron chi connectivity index (χ1n) is 9.20. The number of hydrogen-bond acceptors (Lipinski definition) is 2. The second-order valence-corrected chi connectivity index (χ2v) is 20.8. The Morgan fingerprint density at radius 3 is 2.04 bits per heavy atom. The van der Waals surface area contributed by atoms with Gasteiger partial charge in [0.25, 0.3) is 0 Å².